The number of rotatable bonds is 1. The Hall–Kier alpha value is -0.970. The number of hydrogen-bond donors (Lipinski definition) is 0. The van der Waals surface area contributed by atoms with Crippen LogP contribution < -0.4 is 0 Å². The van der Waals surface area contributed by atoms with Gasteiger partial charge in [-0.2, -0.15) is 0 Å². The molecule has 0 amide bonds. The van der Waals surface area contributed by atoms with E-state index < -0.39 is 0 Å². The van der Waals surface area contributed by atoms with Crippen LogP contribution in [-0.4, -0.2) is 0 Å². The third kappa shape index (κ3) is 1.51. The molecule has 0 unspecified atom stereocenters. The summed E-state index contributed by atoms with van der Waals surface area (Å²) in [6, 6.07) is 9.63. The molecule has 0 spiro atoms. The monoisotopic (exact) mass is 150 g/mol. The van der Waals surface area contributed by atoms with E-state index in [0.29, 0.717) is 5.03 Å². The maximum Gasteiger partial charge on any atom is 0.0891 e. The Morgan fingerprint density at radius 2 is 1.90 bits per heavy atom. The van der Waals surface area contributed by atoms with Crippen molar-refractivity contribution in [3.05, 3.63) is 48.2 Å². The molecule has 0 nitrogen and oxygen atoms in total. The van der Waals surface area contributed by atoms with E-state index in [0.717, 1.165) is 5.56 Å². The quantitative estimate of drug-likeness (QED) is 0.540. The molecule has 0 saturated heterocycles. The Morgan fingerprint density at radius 1 is 1.30 bits per heavy atom. The summed E-state index contributed by atoms with van der Waals surface area (Å²) in [5, 5.41) is 0.570. The summed E-state index contributed by atoms with van der Waals surface area (Å²) in [4.78, 5) is 0. The molecule has 1 aromatic carbocycles. The highest BCUT2D eigenvalue weighted by Gasteiger charge is 1.91. The lowest BCUT2D eigenvalue weighted by Crippen LogP contribution is -1.71. The van der Waals surface area contributed by atoms with Gasteiger partial charge >= 0.3 is 0 Å². The van der Waals surface area contributed by atoms with Crippen molar-refractivity contribution in [2.45, 2.75) is 0 Å². The molecule has 0 atom stereocenters. The average Bonchev–Trinajstić information content (AvgIpc) is 2.05. The minimum atomic E-state index is 0.570. The van der Waals surface area contributed by atoms with Crippen LogP contribution >= 0.6 is 11.6 Å². The summed E-state index contributed by atoms with van der Waals surface area (Å²) < 4.78 is 0. The maximum atomic E-state index is 5.73. The van der Waals surface area contributed by atoms with Gasteiger partial charge in [0.15, 0.2) is 0 Å². The van der Waals surface area contributed by atoms with Gasteiger partial charge in [-0.1, -0.05) is 48.5 Å². The van der Waals surface area contributed by atoms with Gasteiger partial charge in [0, 0.05) is 5.56 Å². The SMILES string of the molecule is C=C=C(Cl)c1ccccc1. The van der Waals surface area contributed by atoms with Crippen LogP contribution in [0.25, 0.3) is 5.03 Å². The van der Waals surface area contributed by atoms with Crippen molar-refractivity contribution in [2.75, 3.05) is 0 Å². The van der Waals surface area contributed by atoms with Crippen molar-refractivity contribution >= 4 is 16.6 Å². The molecule has 1 aromatic rings. The minimum absolute atomic E-state index is 0.570. The number of benzene rings is 1. The van der Waals surface area contributed by atoms with E-state index in [-0.39, 0.29) is 0 Å². The van der Waals surface area contributed by atoms with Gasteiger partial charge in [0.05, 0.1) is 5.03 Å². The summed E-state index contributed by atoms with van der Waals surface area (Å²) in [7, 11) is 0. The summed E-state index contributed by atoms with van der Waals surface area (Å²) in [5.74, 6) is 0. The first-order valence-corrected chi connectivity index (χ1v) is 3.33. The molecule has 0 aliphatic rings. The Kier molecular flexibility index (Phi) is 2.33. The predicted octanol–water partition coefficient (Wildman–Crippen LogP) is 3.05. The molecule has 0 aromatic heterocycles. The molecule has 10 heavy (non-hydrogen) atoms. The van der Waals surface area contributed by atoms with Gasteiger partial charge in [-0.3, -0.25) is 0 Å². The topological polar surface area (TPSA) is 0 Å². The molecule has 0 heterocycles. The lowest BCUT2D eigenvalue weighted by molar-refractivity contribution is 1.65. The number of halogens is 1. The highest BCUT2D eigenvalue weighted by atomic mass is 35.5. The Morgan fingerprint density at radius 3 is 2.40 bits per heavy atom. The fraction of sp³-hybridized carbons (Fsp3) is 0. The van der Waals surface area contributed by atoms with Crippen molar-refractivity contribution in [3.63, 3.8) is 0 Å². The molecular weight excluding hydrogens is 144 g/mol. The van der Waals surface area contributed by atoms with Crippen molar-refractivity contribution < 1.29 is 0 Å². The minimum Gasteiger partial charge on any atom is -0.108 e. The summed E-state index contributed by atoms with van der Waals surface area (Å²) >= 11 is 5.73. The molecule has 0 radical (unpaired) electrons. The van der Waals surface area contributed by atoms with E-state index in [1.54, 1.807) is 0 Å². The van der Waals surface area contributed by atoms with Gasteiger partial charge in [0.2, 0.25) is 0 Å². The normalized spacial score (nSPS) is 8.50. The summed E-state index contributed by atoms with van der Waals surface area (Å²) in [6.45, 7) is 3.44. The van der Waals surface area contributed by atoms with E-state index in [2.05, 4.69) is 12.3 Å². The van der Waals surface area contributed by atoms with Crippen LogP contribution in [0.3, 0.4) is 0 Å². The van der Waals surface area contributed by atoms with Crippen LogP contribution in [0.4, 0.5) is 0 Å². The fourth-order valence-electron chi connectivity index (χ4n) is 0.687. The smallest absolute Gasteiger partial charge is 0.0891 e. The second-order valence-corrected chi connectivity index (χ2v) is 2.23. The van der Waals surface area contributed by atoms with E-state index in [1.165, 1.54) is 0 Å². The predicted molar refractivity (Wildman–Crippen MR) is 44.8 cm³/mol. The molecule has 1 heteroatoms. The largest absolute Gasteiger partial charge is 0.108 e. The van der Waals surface area contributed by atoms with Gasteiger partial charge in [0.25, 0.3) is 0 Å². The lowest BCUT2D eigenvalue weighted by Gasteiger charge is -1.92. The van der Waals surface area contributed by atoms with Crippen molar-refractivity contribution in [3.8, 4) is 0 Å². The van der Waals surface area contributed by atoms with Gasteiger partial charge in [-0.05, 0) is 0 Å². The Bertz CT molecular complexity index is 255. The second-order valence-electron chi connectivity index (χ2n) is 1.86. The molecular formula is C9H7Cl. The highest BCUT2D eigenvalue weighted by Crippen LogP contribution is 2.15. The van der Waals surface area contributed by atoms with Crippen molar-refractivity contribution in [1.29, 1.82) is 0 Å². The highest BCUT2D eigenvalue weighted by molar-refractivity contribution is 6.48. The molecule has 50 valence electrons. The van der Waals surface area contributed by atoms with Gasteiger partial charge in [-0.15, -0.1) is 5.73 Å². The molecule has 0 bridgehead atoms. The van der Waals surface area contributed by atoms with Crippen molar-refractivity contribution in [1.82, 2.24) is 0 Å². The van der Waals surface area contributed by atoms with Crippen LogP contribution in [0.1, 0.15) is 5.56 Å². The van der Waals surface area contributed by atoms with E-state index >= 15 is 0 Å². The third-order valence-electron chi connectivity index (χ3n) is 1.18. The summed E-state index contributed by atoms with van der Waals surface area (Å²) in [6.07, 6.45) is 0. The van der Waals surface area contributed by atoms with Crippen molar-refractivity contribution in [2.24, 2.45) is 0 Å². The Labute approximate surface area is 65.5 Å². The van der Waals surface area contributed by atoms with Gasteiger partial charge in [0.1, 0.15) is 0 Å². The van der Waals surface area contributed by atoms with Gasteiger partial charge < -0.3 is 0 Å². The first kappa shape index (κ1) is 7.14. The molecule has 0 saturated carbocycles. The lowest BCUT2D eigenvalue weighted by atomic mass is 10.2. The molecule has 1 rings (SSSR count). The van der Waals surface area contributed by atoms with Crippen LogP contribution in [-0.2, 0) is 0 Å². The Balaban J connectivity index is 3.08. The van der Waals surface area contributed by atoms with Crippen LogP contribution in [0.2, 0.25) is 0 Å². The first-order valence-electron chi connectivity index (χ1n) is 2.95. The number of hydrogen-bond acceptors (Lipinski definition) is 0. The zero-order chi connectivity index (χ0) is 7.40. The molecule has 0 aliphatic heterocycles. The standard InChI is InChI=1S/C9H7Cl/c1-2-9(10)8-6-4-3-5-7-8/h3-7H,1H2. The maximum absolute atomic E-state index is 5.73. The van der Waals surface area contributed by atoms with E-state index in [4.69, 9.17) is 11.6 Å². The zero-order valence-electron chi connectivity index (χ0n) is 5.47. The molecule has 0 fully saturated rings. The fourth-order valence-corrected chi connectivity index (χ4v) is 0.813. The van der Waals surface area contributed by atoms with E-state index in [1.807, 2.05) is 30.3 Å². The second kappa shape index (κ2) is 3.26. The van der Waals surface area contributed by atoms with E-state index in [9.17, 15) is 0 Å². The van der Waals surface area contributed by atoms with Crippen LogP contribution in [0.15, 0.2) is 42.6 Å². The third-order valence-corrected chi connectivity index (χ3v) is 1.53. The first-order chi connectivity index (χ1) is 4.84. The zero-order valence-corrected chi connectivity index (χ0v) is 6.23. The van der Waals surface area contributed by atoms with Gasteiger partial charge in [-0.25, -0.2) is 0 Å². The average molecular weight is 151 g/mol. The van der Waals surface area contributed by atoms with Crippen LogP contribution in [0, 0.1) is 0 Å². The molecule has 0 aliphatic carbocycles. The summed E-state index contributed by atoms with van der Waals surface area (Å²) in [5.41, 5.74) is 3.57. The molecule has 0 N–H and O–H groups in total. The van der Waals surface area contributed by atoms with Crippen LogP contribution in [0.5, 0.6) is 0 Å².